The number of hydrogen-bond acceptors (Lipinski definition) is 5. The quantitative estimate of drug-likeness (QED) is 0.848. The number of carboxylic acids is 1. The van der Waals surface area contributed by atoms with Gasteiger partial charge in [-0.3, -0.25) is 0 Å². The molecule has 2 aromatic heterocycles. The molecule has 0 bridgehead atoms. The Labute approximate surface area is 115 Å². The summed E-state index contributed by atoms with van der Waals surface area (Å²) in [7, 11) is 0. The summed E-state index contributed by atoms with van der Waals surface area (Å²) in [5.41, 5.74) is 1.34. The van der Waals surface area contributed by atoms with Crippen LogP contribution >= 0.6 is 0 Å². The van der Waals surface area contributed by atoms with E-state index in [2.05, 4.69) is 21.4 Å². The van der Waals surface area contributed by atoms with E-state index in [9.17, 15) is 4.79 Å². The fourth-order valence-electron chi connectivity index (χ4n) is 1.73. The number of carboxylic acid groups (broad SMARTS) is 1. The first-order valence-electron chi connectivity index (χ1n) is 5.96. The number of aryl methyl sites for hydroxylation is 1. The van der Waals surface area contributed by atoms with Crippen molar-refractivity contribution < 1.29 is 9.90 Å². The SMILES string of the molecule is Cc1cc(C#N)cc(NCCn2cnc(C(=O)O)c2)n1. The Morgan fingerprint density at radius 2 is 2.35 bits per heavy atom. The molecule has 0 radical (unpaired) electrons. The number of hydrogen-bond donors (Lipinski definition) is 2. The summed E-state index contributed by atoms with van der Waals surface area (Å²) in [5.74, 6) is -0.421. The van der Waals surface area contributed by atoms with Gasteiger partial charge in [0.25, 0.3) is 0 Å². The minimum absolute atomic E-state index is 0.0189. The molecule has 0 unspecified atom stereocenters. The first kappa shape index (κ1) is 13.5. The predicted molar refractivity (Wildman–Crippen MR) is 71.4 cm³/mol. The Bertz CT molecular complexity index is 672. The fourth-order valence-corrected chi connectivity index (χ4v) is 1.73. The standard InChI is InChI=1S/C13H13N5O2/c1-9-4-10(6-14)5-12(17-9)15-2-3-18-7-11(13(19)20)16-8-18/h4-5,7-8H,2-3H2,1H3,(H,15,17)(H,19,20). The molecule has 2 rings (SSSR count). The van der Waals surface area contributed by atoms with Crippen molar-refractivity contribution in [3.63, 3.8) is 0 Å². The number of aromatic carboxylic acids is 1. The van der Waals surface area contributed by atoms with Gasteiger partial charge in [0.05, 0.1) is 18.0 Å². The van der Waals surface area contributed by atoms with Gasteiger partial charge in [-0.15, -0.1) is 0 Å². The van der Waals surface area contributed by atoms with Gasteiger partial charge in [-0.2, -0.15) is 5.26 Å². The number of imidazole rings is 1. The lowest BCUT2D eigenvalue weighted by molar-refractivity contribution is 0.0691. The zero-order valence-corrected chi connectivity index (χ0v) is 10.9. The van der Waals surface area contributed by atoms with Crippen LogP contribution in [0.15, 0.2) is 24.7 Å². The Balaban J connectivity index is 1.94. The lowest BCUT2D eigenvalue weighted by atomic mass is 10.2. The Morgan fingerprint density at radius 1 is 1.55 bits per heavy atom. The van der Waals surface area contributed by atoms with Gasteiger partial charge < -0.3 is 15.0 Å². The minimum Gasteiger partial charge on any atom is -0.476 e. The maximum absolute atomic E-state index is 10.7. The molecule has 0 aliphatic heterocycles. The van der Waals surface area contributed by atoms with Crippen LogP contribution in [0.4, 0.5) is 5.82 Å². The highest BCUT2D eigenvalue weighted by atomic mass is 16.4. The van der Waals surface area contributed by atoms with E-state index in [1.807, 2.05) is 6.92 Å². The van der Waals surface area contributed by atoms with Crippen LogP contribution in [0, 0.1) is 18.3 Å². The number of carbonyl (C=O) groups is 1. The molecule has 102 valence electrons. The third-order valence-corrected chi connectivity index (χ3v) is 2.61. The summed E-state index contributed by atoms with van der Waals surface area (Å²) < 4.78 is 1.68. The molecular formula is C13H13N5O2. The summed E-state index contributed by atoms with van der Waals surface area (Å²) >= 11 is 0. The first-order valence-corrected chi connectivity index (χ1v) is 5.96. The van der Waals surface area contributed by atoms with Gasteiger partial charge in [-0.05, 0) is 19.1 Å². The molecule has 0 fully saturated rings. The molecule has 2 heterocycles. The molecule has 0 aromatic carbocycles. The second-order valence-electron chi connectivity index (χ2n) is 4.22. The van der Waals surface area contributed by atoms with Gasteiger partial charge in [0, 0.05) is 25.0 Å². The van der Waals surface area contributed by atoms with Crippen LogP contribution in [0.25, 0.3) is 0 Å². The van der Waals surface area contributed by atoms with Gasteiger partial charge in [0.2, 0.25) is 0 Å². The largest absolute Gasteiger partial charge is 0.476 e. The average molecular weight is 271 g/mol. The maximum atomic E-state index is 10.7. The summed E-state index contributed by atoms with van der Waals surface area (Å²) in [5, 5.41) is 20.7. The molecule has 7 heteroatoms. The molecule has 0 atom stereocenters. The predicted octanol–water partition coefficient (Wildman–Crippen LogP) is 1.27. The number of nitriles is 1. The van der Waals surface area contributed by atoms with Gasteiger partial charge in [-0.25, -0.2) is 14.8 Å². The molecule has 2 aromatic rings. The molecule has 0 aliphatic rings. The number of nitrogens with zero attached hydrogens (tertiary/aromatic N) is 4. The van der Waals surface area contributed by atoms with Crippen LogP contribution in [0.3, 0.4) is 0 Å². The first-order chi connectivity index (χ1) is 9.58. The molecule has 0 amide bonds. The topological polar surface area (TPSA) is 104 Å². The van der Waals surface area contributed by atoms with Gasteiger partial charge in [0.1, 0.15) is 5.82 Å². The zero-order valence-electron chi connectivity index (χ0n) is 10.9. The molecule has 20 heavy (non-hydrogen) atoms. The van der Waals surface area contributed by atoms with E-state index < -0.39 is 5.97 Å². The van der Waals surface area contributed by atoms with Gasteiger partial charge in [-0.1, -0.05) is 0 Å². The van der Waals surface area contributed by atoms with E-state index in [0.717, 1.165) is 5.69 Å². The molecule has 2 N–H and O–H groups in total. The van der Waals surface area contributed by atoms with Crippen molar-refractivity contribution in [3.8, 4) is 6.07 Å². The number of nitrogens with one attached hydrogen (secondary N) is 1. The van der Waals surface area contributed by atoms with Crippen molar-refractivity contribution in [2.75, 3.05) is 11.9 Å². The highest BCUT2D eigenvalue weighted by Gasteiger charge is 2.06. The second kappa shape index (κ2) is 5.84. The third-order valence-electron chi connectivity index (χ3n) is 2.61. The number of rotatable bonds is 5. The molecule has 0 spiro atoms. The van der Waals surface area contributed by atoms with Crippen LogP contribution < -0.4 is 5.32 Å². The monoisotopic (exact) mass is 271 g/mol. The van der Waals surface area contributed by atoms with Crippen molar-refractivity contribution in [2.24, 2.45) is 0 Å². The second-order valence-corrected chi connectivity index (χ2v) is 4.22. The highest BCUT2D eigenvalue weighted by Crippen LogP contribution is 2.09. The van der Waals surface area contributed by atoms with Crippen LogP contribution in [0.2, 0.25) is 0 Å². The van der Waals surface area contributed by atoms with Gasteiger partial charge in [0.15, 0.2) is 5.69 Å². The summed E-state index contributed by atoms with van der Waals surface area (Å²) in [6, 6.07) is 5.45. The third kappa shape index (κ3) is 3.32. The van der Waals surface area contributed by atoms with Crippen LogP contribution in [-0.2, 0) is 6.54 Å². The Kier molecular flexibility index (Phi) is 3.96. The van der Waals surface area contributed by atoms with E-state index in [1.165, 1.54) is 12.5 Å². The van der Waals surface area contributed by atoms with Crippen molar-refractivity contribution >= 4 is 11.8 Å². The maximum Gasteiger partial charge on any atom is 0.356 e. The Hall–Kier alpha value is -2.88. The molecule has 0 saturated carbocycles. The van der Waals surface area contributed by atoms with Crippen molar-refractivity contribution in [1.29, 1.82) is 5.26 Å². The summed E-state index contributed by atoms with van der Waals surface area (Å²) in [4.78, 5) is 18.7. The van der Waals surface area contributed by atoms with E-state index in [4.69, 9.17) is 10.4 Å². The zero-order chi connectivity index (χ0) is 14.5. The van der Waals surface area contributed by atoms with Crippen molar-refractivity contribution in [1.82, 2.24) is 14.5 Å². The molecule has 7 nitrogen and oxygen atoms in total. The van der Waals surface area contributed by atoms with Crippen molar-refractivity contribution in [2.45, 2.75) is 13.5 Å². The number of anilines is 1. The molecule has 0 aliphatic carbocycles. The molecular weight excluding hydrogens is 258 g/mol. The van der Waals surface area contributed by atoms with Crippen LogP contribution in [-0.4, -0.2) is 32.2 Å². The summed E-state index contributed by atoms with van der Waals surface area (Å²) in [6.07, 6.45) is 2.93. The smallest absolute Gasteiger partial charge is 0.356 e. The van der Waals surface area contributed by atoms with Crippen LogP contribution in [0.1, 0.15) is 21.7 Å². The fraction of sp³-hybridized carbons (Fsp3) is 0.231. The van der Waals surface area contributed by atoms with Crippen molar-refractivity contribution in [3.05, 3.63) is 41.6 Å². The normalized spacial score (nSPS) is 10.0. The highest BCUT2D eigenvalue weighted by molar-refractivity contribution is 5.84. The minimum atomic E-state index is -1.05. The van der Waals surface area contributed by atoms with E-state index in [0.29, 0.717) is 24.5 Å². The lowest BCUT2D eigenvalue weighted by Crippen LogP contribution is -2.10. The van der Waals surface area contributed by atoms with E-state index in [-0.39, 0.29) is 5.69 Å². The van der Waals surface area contributed by atoms with E-state index >= 15 is 0 Å². The lowest BCUT2D eigenvalue weighted by Gasteiger charge is -2.07. The average Bonchev–Trinajstić information content (AvgIpc) is 2.87. The van der Waals surface area contributed by atoms with E-state index in [1.54, 1.807) is 16.7 Å². The van der Waals surface area contributed by atoms with Crippen LogP contribution in [0.5, 0.6) is 0 Å². The summed E-state index contributed by atoms with van der Waals surface area (Å²) in [6.45, 7) is 2.93. The Morgan fingerprint density at radius 3 is 3.00 bits per heavy atom. The van der Waals surface area contributed by atoms with Gasteiger partial charge >= 0.3 is 5.97 Å². The number of aromatic nitrogens is 3. The number of pyridine rings is 1. The molecule has 0 saturated heterocycles.